The summed E-state index contributed by atoms with van der Waals surface area (Å²) in [6.45, 7) is 4.00. The molecule has 0 amide bonds. The van der Waals surface area contributed by atoms with Crippen LogP contribution in [0.25, 0.3) is 0 Å². The Hall–Kier alpha value is 0.440. The van der Waals surface area contributed by atoms with Gasteiger partial charge in [0.2, 0.25) is 0 Å². The minimum absolute atomic E-state index is 0. The SMILES string of the molecule is Br.CC.CNC. The smallest absolute Gasteiger partial charge is 0.0167 e. The monoisotopic (exact) mass is 155 g/mol. The zero-order chi connectivity index (χ0) is 4.71. The Morgan fingerprint density at radius 3 is 1.00 bits per heavy atom. The molecule has 0 aliphatic carbocycles. The summed E-state index contributed by atoms with van der Waals surface area (Å²) in [6, 6.07) is 0. The summed E-state index contributed by atoms with van der Waals surface area (Å²) < 4.78 is 0. The molecule has 1 N–H and O–H groups in total. The maximum atomic E-state index is 2.75. The molecule has 0 bridgehead atoms. The van der Waals surface area contributed by atoms with E-state index in [4.69, 9.17) is 0 Å². The van der Waals surface area contributed by atoms with Crippen molar-refractivity contribution < 1.29 is 0 Å². The maximum Gasteiger partial charge on any atom is -0.0167 e. The number of hydrogen-bond acceptors (Lipinski definition) is 1. The molecule has 0 aliphatic rings. The fourth-order valence-corrected chi connectivity index (χ4v) is 0. The average molecular weight is 156 g/mol. The fraction of sp³-hybridized carbons (Fsp3) is 1.00. The fourth-order valence-electron chi connectivity index (χ4n) is 0. The summed E-state index contributed by atoms with van der Waals surface area (Å²) in [4.78, 5) is 0. The van der Waals surface area contributed by atoms with Gasteiger partial charge < -0.3 is 5.32 Å². The van der Waals surface area contributed by atoms with E-state index in [0.29, 0.717) is 0 Å². The van der Waals surface area contributed by atoms with Crippen molar-refractivity contribution in [2.75, 3.05) is 14.1 Å². The van der Waals surface area contributed by atoms with Crippen molar-refractivity contribution in [3.8, 4) is 0 Å². The van der Waals surface area contributed by atoms with Crippen LogP contribution in [-0.2, 0) is 0 Å². The molecule has 42 valence electrons. The van der Waals surface area contributed by atoms with E-state index >= 15 is 0 Å². The van der Waals surface area contributed by atoms with E-state index in [1.807, 2.05) is 27.9 Å². The predicted molar refractivity (Wildman–Crippen MR) is 36.7 cm³/mol. The molecule has 0 rings (SSSR count). The minimum atomic E-state index is 0. The highest BCUT2D eigenvalue weighted by Gasteiger charge is 1.25. The average Bonchev–Trinajstić information content (AvgIpc) is 1.46. The Balaban J connectivity index is -0.0000000275. The molecule has 0 saturated heterocycles. The first-order chi connectivity index (χ1) is 2.41. The first kappa shape index (κ1) is 16.1. The lowest BCUT2D eigenvalue weighted by atomic mass is 11.0. The second-order valence-corrected chi connectivity index (χ2v) is 0.500. The Kier molecular flexibility index (Phi) is 139. The van der Waals surface area contributed by atoms with E-state index in [9.17, 15) is 0 Å². The maximum absolute atomic E-state index is 2.75. The highest BCUT2D eigenvalue weighted by molar-refractivity contribution is 8.93. The van der Waals surface area contributed by atoms with Gasteiger partial charge in [0.1, 0.15) is 0 Å². The molecule has 0 aliphatic heterocycles. The van der Waals surface area contributed by atoms with E-state index in [-0.39, 0.29) is 17.0 Å². The van der Waals surface area contributed by atoms with Crippen molar-refractivity contribution in [3.63, 3.8) is 0 Å². The predicted octanol–water partition coefficient (Wildman–Crippen LogP) is 1.44. The van der Waals surface area contributed by atoms with Crippen LogP contribution in [0.4, 0.5) is 0 Å². The molecule has 0 spiro atoms. The van der Waals surface area contributed by atoms with Gasteiger partial charge in [0.25, 0.3) is 0 Å². The molecule has 0 unspecified atom stereocenters. The molecule has 0 aromatic heterocycles. The van der Waals surface area contributed by atoms with E-state index in [1.165, 1.54) is 0 Å². The first-order valence-corrected chi connectivity index (χ1v) is 2.00. The van der Waals surface area contributed by atoms with Crippen LogP contribution in [0.15, 0.2) is 0 Å². The van der Waals surface area contributed by atoms with Gasteiger partial charge in [-0.1, -0.05) is 13.8 Å². The van der Waals surface area contributed by atoms with Gasteiger partial charge in [-0.3, -0.25) is 0 Å². The minimum Gasteiger partial charge on any atom is -0.323 e. The third-order valence-electron chi connectivity index (χ3n) is 0. The van der Waals surface area contributed by atoms with Gasteiger partial charge in [-0.05, 0) is 14.1 Å². The lowest BCUT2D eigenvalue weighted by Gasteiger charge is -1.59. The molecule has 2 heteroatoms. The molecule has 0 fully saturated rings. The number of halogens is 1. The highest BCUT2D eigenvalue weighted by Crippen LogP contribution is 1.14. The number of nitrogens with one attached hydrogen (secondary N) is 1. The van der Waals surface area contributed by atoms with Crippen LogP contribution in [0.5, 0.6) is 0 Å². The Morgan fingerprint density at radius 2 is 1.00 bits per heavy atom. The molecule has 0 saturated carbocycles. The van der Waals surface area contributed by atoms with Gasteiger partial charge >= 0.3 is 0 Å². The van der Waals surface area contributed by atoms with Gasteiger partial charge in [0.15, 0.2) is 0 Å². The summed E-state index contributed by atoms with van der Waals surface area (Å²) in [5.41, 5.74) is 0. The van der Waals surface area contributed by atoms with Gasteiger partial charge in [-0.2, -0.15) is 0 Å². The second kappa shape index (κ2) is 51.7. The highest BCUT2D eigenvalue weighted by atomic mass is 79.9. The van der Waals surface area contributed by atoms with Gasteiger partial charge in [0, 0.05) is 0 Å². The molecular weight excluding hydrogens is 142 g/mol. The van der Waals surface area contributed by atoms with Crippen molar-refractivity contribution in [1.29, 1.82) is 0 Å². The zero-order valence-electron chi connectivity index (χ0n) is 4.91. The van der Waals surface area contributed by atoms with E-state index in [1.54, 1.807) is 0 Å². The normalized spacial score (nSPS) is 4.00. The Morgan fingerprint density at radius 1 is 1.00 bits per heavy atom. The van der Waals surface area contributed by atoms with Crippen molar-refractivity contribution in [2.45, 2.75) is 13.8 Å². The van der Waals surface area contributed by atoms with Crippen molar-refractivity contribution in [1.82, 2.24) is 5.32 Å². The van der Waals surface area contributed by atoms with Crippen molar-refractivity contribution in [3.05, 3.63) is 0 Å². The van der Waals surface area contributed by atoms with E-state index < -0.39 is 0 Å². The quantitative estimate of drug-likeness (QED) is 0.559. The molecule has 0 radical (unpaired) electrons. The van der Waals surface area contributed by atoms with Gasteiger partial charge in [-0.15, -0.1) is 17.0 Å². The van der Waals surface area contributed by atoms with Crippen LogP contribution in [0.3, 0.4) is 0 Å². The van der Waals surface area contributed by atoms with Gasteiger partial charge in [-0.25, -0.2) is 0 Å². The third kappa shape index (κ3) is 271. The lowest BCUT2D eigenvalue weighted by molar-refractivity contribution is 1.02. The molecule has 0 aromatic rings. The van der Waals surface area contributed by atoms with Crippen LogP contribution in [0.1, 0.15) is 13.8 Å². The largest absolute Gasteiger partial charge is 0.323 e. The van der Waals surface area contributed by atoms with Crippen molar-refractivity contribution in [2.24, 2.45) is 0 Å². The van der Waals surface area contributed by atoms with Crippen LogP contribution in [-0.4, -0.2) is 14.1 Å². The topological polar surface area (TPSA) is 12.0 Å². The van der Waals surface area contributed by atoms with Crippen LogP contribution in [0.2, 0.25) is 0 Å². The lowest BCUT2D eigenvalue weighted by Crippen LogP contribution is -1.89. The Labute approximate surface area is 50.9 Å². The molecule has 6 heavy (non-hydrogen) atoms. The number of rotatable bonds is 0. The molecule has 1 nitrogen and oxygen atoms in total. The van der Waals surface area contributed by atoms with Crippen molar-refractivity contribution >= 4 is 17.0 Å². The summed E-state index contributed by atoms with van der Waals surface area (Å²) >= 11 is 0. The summed E-state index contributed by atoms with van der Waals surface area (Å²) in [6.07, 6.45) is 0. The van der Waals surface area contributed by atoms with Crippen LogP contribution in [0, 0.1) is 0 Å². The zero-order valence-corrected chi connectivity index (χ0v) is 6.62. The second-order valence-electron chi connectivity index (χ2n) is 0.500. The summed E-state index contributed by atoms with van der Waals surface area (Å²) in [7, 11) is 3.75. The molecule has 0 aromatic carbocycles. The third-order valence-corrected chi connectivity index (χ3v) is 0. The number of hydrogen-bond donors (Lipinski definition) is 1. The van der Waals surface area contributed by atoms with E-state index in [0.717, 1.165) is 0 Å². The van der Waals surface area contributed by atoms with Crippen LogP contribution >= 0.6 is 17.0 Å². The van der Waals surface area contributed by atoms with Gasteiger partial charge in [0.05, 0.1) is 0 Å². The summed E-state index contributed by atoms with van der Waals surface area (Å²) in [5, 5.41) is 2.75. The van der Waals surface area contributed by atoms with E-state index in [2.05, 4.69) is 5.32 Å². The molecular formula is C4H14BrN. The standard InChI is InChI=1S/C2H7N.C2H6.BrH/c1-3-2;1-2;/h3H,1-2H3;1-2H3;1H. The molecule has 0 atom stereocenters. The summed E-state index contributed by atoms with van der Waals surface area (Å²) in [5.74, 6) is 0. The Bertz CT molecular complexity index is 7.51. The van der Waals surface area contributed by atoms with Crippen LogP contribution < -0.4 is 5.32 Å². The molecule has 0 heterocycles. The first-order valence-electron chi connectivity index (χ1n) is 2.00.